The lowest BCUT2D eigenvalue weighted by Gasteiger charge is -2.09. The van der Waals surface area contributed by atoms with Crippen molar-refractivity contribution in [1.29, 1.82) is 0 Å². The van der Waals surface area contributed by atoms with Gasteiger partial charge in [0.15, 0.2) is 6.61 Å². The number of fused-ring (bicyclic) bond motifs is 1. The average molecular weight is 303 g/mol. The van der Waals surface area contributed by atoms with Crippen LogP contribution in [0.3, 0.4) is 0 Å². The number of rotatable bonds is 4. The molecule has 0 radical (unpaired) electrons. The Kier molecular flexibility index (Phi) is 4.55. The number of nitrogens with one attached hydrogen (secondary N) is 2. The molecule has 4 nitrogen and oxygen atoms in total. The van der Waals surface area contributed by atoms with Gasteiger partial charge in [-0.1, -0.05) is 11.6 Å². The first-order valence-electron chi connectivity index (χ1n) is 6.12. The molecule has 3 atom stereocenters. The van der Waals surface area contributed by atoms with E-state index in [1.54, 1.807) is 24.3 Å². The first kappa shape index (κ1) is 14.4. The second-order valence-electron chi connectivity index (χ2n) is 4.82. The van der Waals surface area contributed by atoms with Gasteiger partial charge in [-0.15, -0.1) is 12.4 Å². The highest BCUT2D eigenvalue weighted by Gasteiger charge is 2.53. The molecule has 0 aromatic heterocycles. The van der Waals surface area contributed by atoms with Crippen LogP contribution in [0.5, 0.6) is 5.75 Å². The van der Waals surface area contributed by atoms with Gasteiger partial charge in [0.05, 0.1) is 0 Å². The van der Waals surface area contributed by atoms with Gasteiger partial charge in [0, 0.05) is 24.2 Å². The number of amides is 1. The van der Waals surface area contributed by atoms with Crippen molar-refractivity contribution in [3.8, 4) is 5.75 Å². The standard InChI is InChI=1S/C13H15ClN2O2.ClH/c14-8-1-3-9(4-2-8)18-7-12(17)16-13-10-5-15-6-11(10)13;/h1-4,10-11,13,15H,5-7H2,(H,16,17);1H/t10-,11+,13-;. The quantitative estimate of drug-likeness (QED) is 0.886. The average Bonchev–Trinajstić information content (AvgIpc) is 2.81. The number of piperidine rings is 1. The van der Waals surface area contributed by atoms with E-state index in [1.165, 1.54) is 0 Å². The van der Waals surface area contributed by atoms with Crippen LogP contribution < -0.4 is 15.4 Å². The minimum Gasteiger partial charge on any atom is -0.484 e. The first-order valence-corrected chi connectivity index (χ1v) is 6.50. The van der Waals surface area contributed by atoms with Crippen molar-refractivity contribution in [2.45, 2.75) is 6.04 Å². The number of hydrogen-bond donors (Lipinski definition) is 2. The molecule has 1 heterocycles. The Balaban J connectivity index is 0.00000133. The highest BCUT2D eigenvalue weighted by Crippen LogP contribution is 2.41. The van der Waals surface area contributed by atoms with E-state index in [-0.39, 0.29) is 24.9 Å². The van der Waals surface area contributed by atoms with E-state index in [1.807, 2.05) is 0 Å². The summed E-state index contributed by atoms with van der Waals surface area (Å²) in [6, 6.07) is 7.35. The SMILES string of the molecule is Cl.O=C(COc1ccc(Cl)cc1)N[C@@H]1[C@@H]2CNC[C@@H]21. The number of carbonyl (C=O) groups is 1. The van der Waals surface area contributed by atoms with Crippen molar-refractivity contribution in [1.82, 2.24) is 10.6 Å². The van der Waals surface area contributed by atoms with E-state index < -0.39 is 0 Å². The zero-order valence-corrected chi connectivity index (χ0v) is 11.8. The highest BCUT2D eigenvalue weighted by atomic mass is 35.5. The first-order chi connectivity index (χ1) is 8.74. The van der Waals surface area contributed by atoms with Crippen LogP contribution >= 0.6 is 24.0 Å². The molecule has 1 saturated heterocycles. The summed E-state index contributed by atoms with van der Waals surface area (Å²) >= 11 is 5.77. The van der Waals surface area contributed by atoms with Crippen molar-refractivity contribution in [3.63, 3.8) is 0 Å². The maximum Gasteiger partial charge on any atom is 0.258 e. The summed E-state index contributed by atoms with van der Waals surface area (Å²) in [6.45, 7) is 2.10. The molecule has 19 heavy (non-hydrogen) atoms. The van der Waals surface area contributed by atoms with Crippen LogP contribution in [0.25, 0.3) is 0 Å². The van der Waals surface area contributed by atoms with Gasteiger partial charge in [0.25, 0.3) is 5.91 Å². The molecule has 6 heteroatoms. The van der Waals surface area contributed by atoms with E-state index in [0.29, 0.717) is 28.6 Å². The molecule has 104 valence electrons. The van der Waals surface area contributed by atoms with Gasteiger partial charge in [-0.2, -0.15) is 0 Å². The number of benzene rings is 1. The molecule has 1 saturated carbocycles. The van der Waals surface area contributed by atoms with E-state index in [2.05, 4.69) is 10.6 Å². The predicted molar refractivity (Wildman–Crippen MR) is 76.0 cm³/mol. The number of carbonyl (C=O) groups excluding carboxylic acids is 1. The van der Waals surface area contributed by atoms with Crippen molar-refractivity contribution in [3.05, 3.63) is 29.3 Å². The topological polar surface area (TPSA) is 50.4 Å². The van der Waals surface area contributed by atoms with Crippen molar-refractivity contribution < 1.29 is 9.53 Å². The fourth-order valence-corrected chi connectivity index (χ4v) is 2.67. The third-order valence-electron chi connectivity index (χ3n) is 3.60. The van der Waals surface area contributed by atoms with Crippen molar-refractivity contribution in [2.75, 3.05) is 19.7 Å². The number of halogens is 2. The van der Waals surface area contributed by atoms with Gasteiger partial charge in [0.2, 0.25) is 0 Å². The number of hydrogen-bond acceptors (Lipinski definition) is 3. The second kappa shape index (κ2) is 5.99. The second-order valence-corrected chi connectivity index (χ2v) is 5.26. The largest absolute Gasteiger partial charge is 0.484 e. The fourth-order valence-electron chi connectivity index (χ4n) is 2.54. The molecule has 0 unspecified atom stereocenters. The summed E-state index contributed by atoms with van der Waals surface area (Å²) in [7, 11) is 0. The van der Waals surface area contributed by atoms with Crippen LogP contribution in [-0.2, 0) is 4.79 Å². The molecule has 1 aliphatic carbocycles. The molecule has 0 spiro atoms. The lowest BCUT2D eigenvalue weighted by molar-refractivity contribution is -0.123. The van der Waals surface area contributed by atoms with Crippen LogP contribution in [0.1, 0.15) is 0 Å². The minimum absolute atomic E-state index is 0. The van der Waals surface area contributed by atoms with Gasteiger partial charge in [-0.05, 0) is 36.1 Å². The highest BCUT2D eigenvalue weighted by molar-refractivity contribution is 6.30. The molecule has 1 aromatic rings. The predicted octanol–water partition coefficient (Wildman–Crippen LogP) is 1.47. The lowest BCUT2D eigenvalue weighted by Crippen LogP contribution is -2.35. The summed E-state index contributed by atoms with van der Waals surface area (Å²) in [4.78, 5) is 11.7. The third kappa shape index (κ3) is 3.32. The Bertz CT molecular complexity index is 442. The molecule has 2 fully saturated rings. The van der Waals surface area contributed by atoms with Crippen LogP contribution in [0.15, 0.2) is 24.3 Å². The third-order valence-corrected chi connectivity index (χ3v) is 3.85. The Labute approximate surface area is 123 Å². The van der Waals surface area contributed by atoms with E-state index >= 15 is 0 Å². The van der Waals surface area contributed by atoms with Crippen LogP contribution in [0.4, 0.5) is 0 Å². The van der Waals surface area contributed by atoms with Crippen LogP contribution in [-0.4, -0.2) is 31.6 Å². The van der Waals surface area contributed by atoms with Crippen molar-refractivity contribution in [2.24, 2.45) is 11.8 Å². The van der Waals surface area contributed by atoms with Crippen LogP contribution in [0, 0.1) is 11.8 Å². The summed E-state index contributed by atoms with van der Waals surface area (Å²) in [5.74, 6) is 1.87. The zero-order chi connectivity index (χ0) is 12.5. The molecule has 2 aliphatic rings. The molecule has 1 amide bonds. The maximum absolute atomic E-state index is 11.7. The monoisotopic (exact) mass is 302 g/mol. The van der Waals surface area contributed by atoms with Gasteiger partial charge in [-0.25, -0.2) is 0 Å². The van der Waals surface area contributed by atoms with Crippen molar-refractivity contribution >= 4 is 29.9 Å². The molecule has 0 bridgehead atoms. The van der Waals surface area contributed by atoms with Crippen LogP contribution in [0.2, 0.25) is 5.02 Å². The Morgan fingerprint density at radius 3 is 2.58 bits per heavy atom. The van der Waals surface area contributed by atoms with E-state index in [9.17, 15) is 4.79 Å². The molecule has 2 N–H and O–H groups in total. The fraction of sp³-hybridized carbons (Fsp3) is 0.462. The Morgan fingerprint density at radius 2 is 1.95 bits per heavy atom. The lowest BCUT2D eigenvalue weighted by atomic mass is 10.3. The van der Waals surface area contributed by atoms with E-state index in [4.69, 9.17) is 16.3 Å². The van der Waals surface area contributed by atoms with Gasteiger partial charge in [0.1, 0.15) is 5.75 Å². The van der Waals surface area contributed by atoms with Gasteiger partial charge < -0.3 is 15.4 Å². The molecule has 1 aromatic carbocycles. The minimum atomic E-state index is -0.0515. The Morgan fingerprint density at radius 1 is 1.32 bits per heavy atom. The number of ether oxygens (including phenoxy) is 1. The summed E-state index contributed by atoms with van der Waals surface area (Å²) in [5, 5.41) is 6.96. The molecule has 3 rings (SSSR count). The Hall–Kier alpha value is -0.970. The smallest absolute Gasteiger partial charge is 0.258 e. The molecular formula is C13H16Cl2N2O2. The zero-order valence-electron chi connectivity index (χ0n) is 10.3. The maximum atomic E-state index is 11.7. The summed E-state index contributed by atoms with van der Waals surface area (Å²) < 4.78 is 5.39. The van der Waals surface area contributed by atoms with E-state index in [0.717, 1.165) is 13.1 Å². The molecule has 1 aliphatic heterocycles. The van der Waals surface area contributed by atoms with Gasteiger partial charge in [-0.3, -0.25) is 4.79 Å². The molecular weight excluding hydrogens is 287 g/mol. The van der Waals surface area contributed by atoms with Gasteiger partial charge >= 0.3 is 0 Å². The summed E-state index contributed by atoms with van der Waals surface area (Å²) in [6.07, 6.45) is 0. The summed E-state index contributed by atoms with van der Waals surface area (Å²) in [5.41, 5.74) is 0. The normalized spacial score (nSPS) is 27.1.